The molecule has 0 fully saturated rings. The fraction of sp³-hybridized carbons (Fsp3) is 0.520. The molecule has 0 saturated heterocycles. The largest absolute Gasteiger partial charge is 0.491 e. The molecule has 9 heteroatoms. The second-order valence-electron chi connectivity index (χ2n) is 9.37. The Bertz CT molecular complexity index is 958. The van der Waals surface area contributed by atoms with Gasteiger partial charge in [0, 0.05) is 37.2 Å². The summed E-state index contributed by atoms with van der Waals surface area (Å²) in [6, 6.07) is 7.33. The number of ether oxygens (including phenoxy) is 2. The van der Waals surface area contributed by atoms with Crippen molar-refractivity contribution in [2.45, 2.75) is 45.2 Å². The minimum Gasteiger partial charge on any atom is -0.491 e. The Morgan fingerprint density at radius 1 is 1.24 bits per heavy atom. The molecule has 0 bridgehead atoms. The second kappa shape index (κ2) is 11.7. The number of halogens is 1. The Morgan fingerprint density at radius 2 is 1.97 bits per heavy atom. The third-order valence-corrected chi connectivity index (χ3v) is 6.50. The van der Waals surface area contributed by atoms with E-state index in [1.807, 2.05) is 32.2 Å². The van der Waals surface area contributed by atoms with Crippen LogP contribution in [0.2, 0.25) is 0 Å². The van der Waals surface area contributed by atoms with Crippen LogP contribution in [0.25, 0.3) is 0 Å². The maximum atomic E-state index is 13.5. The monoisotopic (exact) mass is 491 g/mol. The standard InChI is InChI=1S/C25H34FN3O4S/c1-25(2,3)27-24(31)28(12-5-14-32-4)16-23(30)29-13-10-22-20(11-15-34-22)21(29)17-33-19-8-6-18(26)7-9-19/h6-9,11,15,21H,5,10,12-14,16-17H2,1-4H3,(H,27,31). The molecule has 1 aliphatic heterocycles. The number of nitrogens with one attached hydrogen (secondary N) is 1. The van der Waals surface area contributed by atoms with Crippen molar-refractivity contribution in [2.75, 3.05) is 40.0 Å². The van der Waals surface area contributed by atoms with Crippen molar-refractivity contribution >= 4 is 23.3 Å². The first-order valence-corrected chi connectivity index (χ1v) is 12.4. The fourth-order valence-corrected chi connectivity index (χ4v) is 4.81. The molecule has 3 amide bonds. The van der Waals surface area contributed by atoms with E-state index in [9.17, 15) is 14.0 Å². The van der Waals surface area contributed by atoms with Crippen LogP contribution in [0.5, 0.6) is 5.75 Å². The molecule has 0 aliphatic carbocycles. The second-order valence-corrected chi connectivity index (χ2v) is 10.4. The van der Waals surface area contributed by atoms with Crippen LogP contribution in [0.3, 0.4) is 0 Å². The van der Waals surface area contributed by atoms with Crippen LogP contribution in [0.15, 0.2) is 35.7 Å². The van der Waals surface area contributed by atoms with Crippen molar-refractivity contribution in [3.8, 4) is 5.75 Å². The normalized spacial score (nSPS) is 15.6. The summed E-state index contributed by atoms with van der Waals surface area (Å²) in [5.41, 5.74) is 0.652. The first-order chi connectivity index (χ1) is 16.2. The van der Waals surface area contributed by atoms with E-state index in [1.165, 1.54) is 17.0 Å². The number of methoxy groups -OCH3 is 1. The molecule has 7 nitrogen and oxygen atoms in total. The number of hydrogen-bond acceptors (Lipinski definition) is 5. The van der Waals surface area contributed by atoms with Crippen LogP contribution in [-0.2, 0) is 16.0 Å². The van der Waals surface area contributed by atoms with Crippen molar-refractivity contribution in [3.05, 3.63) is 52.0 Å². The van der Waals surface area contributed by atoms with Crippen LogP contribution in [0.4, 0.5) is 9.18 Å². The lowest BCUT2D eigenvalue weighted by atomic mass is 10.0. The summed E-state index contributed by atoms with van der Waals surface area (Å²) in [7, 11) is 1.61. The summed E-state index contributed by atoms with van der Waals surface area (Å²) in [4.78, 5) is 31.0. The summed E-state index contributed by atoms with van der Waals surface area (Å²) >= 11 is 1.67. The average Bonchev–Trinajstić information content (AvgIpc) is 3.26. The minimum absolute atomic E-state index is 0.0296. The van der Waals surface area contributed by atoms with Gasteiger partial charge in [-0.05, 0) is 74.9 Å². The number of amides is 3. The number of urea groups is 1. The van der Waals surface area contributed by atoms with E-state index in [0.717, 1.165) is 12.0 Å². The van der Waals surface area contributed by atoms with Gasteiger partial charge in [-0.3, -0.25) is 4.79 Å². The molecule has 0 saturated carbocycles. The zero-order chi connectivity index (χ0) is 24.7. The summed E-state index contributed by atoms with van der Waals surface area (Å²) in [6.07, 6.45) is 1.40. The lowest BCUT2D eigenvalue weighted by Crippen LogP contribution is -2.53. The van der Waals surface area contributed by atoms with Gasteiger partial charge in [-0.15, -0.1) is 11.3 Å². The van der Waals surface area contributed by atoms with Crippen molar-refractivity contribution in [2.24, 2.45) is 0 Å². The summed E-state index contributed by atoms with van der Waals surface area (Å²) in [6.45, 7) is 7.41. The van der Waals surface area contributed by atoms with Gasteiger partial charge < -0.3 is 24.6 Å². The highest BCUT2D eigenvalue weighted by Gasteiger charge is 2.33. The van der Waals surface area contributed by atoms with Gasteiger partial charge in [0.1, 0.15) is 24.7 Å². The molecule has 1 aromatic carbocycles. The van der Waals surface area contributed by atoms with Gasteiger partial charge in [0.15, 0.2) is 0 Å². The van der Waals surface area contributed by atoms with Crippen molar-refractivity contribution < 1.29 is 23.5 Å². The van der Waals surface area contributed by atoms with E-state index in [1.54, 1.807) is 40.4 Å². The number of carbonyl (C=O) groups excluding carboxylic acids is 2. The van der Waals surface area contributed by atoms with E-state index >= 15 is 0 Å². The number of benzene rings is 1. The first-order valence-electron chi connectivity index (χ1n) is 11.5. The molecule has 3 rings (SSSR count). The van der Waals surface area contributed by atoms with Gasteiger partial charge in [-0.25, -0.2) is 9.18 Å². The molecule has 186 valence electrons. The third-order valence-electron chi connectivity index (χ3n) is 5.51. The van der Waals surface area contributed by atoms with Crippen LogP contribution >= 0.6 is 11.3 Å². The number of hydrogen-bond donors (Lipinski definition) is 1. The maximum absolute atomic E-state index is 13.5. The molecule has 1 N–H and O–H groups in total. The van der Waals surface area contributed by atoms with Gasteiger partial charge in [-0.1, -0.05) is 0 Å². The Balaban J connectivity index is 1.74. The maximum Gasteiger partial charge on any atom is 0.318 e. The van der Waals surface area contributed by atoms with Crippen LogP contribution in [0, 0.1) is 5.82 Å². The zero-order valence-electron chi connectivity index (χ0n) is 20.3. The topological polar surface area (TPSA) is 71.1 Å². The van der Waals surface area contributed by atoms with Crippen molar-refractivity contribution in [1.82, 2.24) is 15.1 Å². The van der Waals surface area contributed by atoms with Gasteiger partial charge in [0.25, 0.3) is 0 Å². The van der Waals surface area contributed by atoms with E-state index < -0.39 is 5.54 Å². The van der Waals surface area contributed by atoms with Crippen LogP contribution < -0.4 is 10.1 Å². The highest BCUT2D eigenvalue weighted by atomic mass is 32.1. The highest BCUT2D eigenvalue weighted by Crippen LogP contribution is 2.34. The Labute approximate surface area is 204 Å². The molecule has 0 radical (unpaired) electrons. The summed E-state index contributed by atoms with van der Waals surface area (Å²) in [5.74, 6) is 0.0805. The van der Waals surface area contributed by atoms with Crippen LogP contribution in [0.1, 0.15) is 43.7 Å². The van der Waals surface area contributed by atoms with Crippen molar-refractivity contribution in [3.63, 3.8) is 0 Å². The molecule has 1 aliphatic rings. The summed E-state index contributed by atoms with van der Waals surface area (Å²) < 4.78 is 24.3. The predicted octanol–water partition coefficient (Wildman–Crippen LogP) is 4.24. The number of fused-ring (bicyclic) bond motifs is 1. The summed E-state index contributed by atoms with van der Waals surface area (Å²) in [5, 5.41) is 4.98. The van der Waals surface area contributed by atoms with E-state index in [0.29, 0.717) is 31.9 Å². The molecular formula is C25H34FN3O4S. The molecule has 1 aromatic heterocycles. The highest BCUT2D eigenvalue weighted by molar-refractivity contribution is 7.10. The Kier molecular flexibility index (Phi) is 8.90. The molecule has 0 spiro atoms. The molecule has 34 heavy (non-hydrogen) atoms. The molecular weight excluding hydrogens is 457 g/mol. The number of thiophene rings is 1. The van der Waals surface area contributed by atoms with E-state index in [4.69, 9.17) is 9.47 Å². The molecule has 1 atom stereocenters. The van der Waals surface area contributed by atoms with Gasteiger partial charge in [0.2, 0.25) is 5.91 Å². The van der Waals surface area contributed by atoms with E-state index in [2.05, 4.69) is 5.32 Å². The Morgan fingerprint density at radius 3 is 2.65 bits per heavy atom. The number of rotatable bonds is 9. The minimum atomic E-state index is -0.415. The SMILES string of the molecule is COCCCN(CC(=O)N1CCc2sccc2C1COc1ccc(F)cc1)C(=O)NC(C)(C)C. The Hall–Kier alpha value is -2.65. The molecule has 2 aromatic rings. The smallest absolute Gasteiger partial charge is 0.318 e. The quantitative estimate of drug-likeness (QED) is 0.533. The van der Waals surface area contributed by atoms with Gasteiger partial charge in [-0.2, -0.15) is 0 Å². The average molecular weight is 492 g/mol. The number of nitrogens with zero attached hydrogens (tertiary/aromatic N) is 2. The third kappa shape index (κ3) is 7.17. The number of carbonyl (C=O) groups is 2. The fourth-order valence-electron chi connectivity index (χ4n) is 3.89. The predicted molar refractivity (Wildman–Crippen MR) is 131 cm³/mol. The first kappa shape index (κ1) is 26.0. The lowest BCUT2D eigenvalue weighted by molar-refractivity contribution is -0.135. The van der Waals surface area contributed by atoms with E-state index in [-0.39, 0.29) is 36.9 Å². The molecule has 2 heterocycles. The zero-order valence-corrected chi connectivity index (χ0v) is 21.1. The van der Waals surface area contributed by atoms with Gasteiger partial charge in [0.05, 0.1) is 6.04 Å². The van der Waals surface area contributed by atoms with Crippen LogP contribution in [-0.4, -0.2) is 67.2 Å². The van der Waals surface area contributed by atoms with Gasteiger partial charge >= 0.3 is 6.03 Å². The van der Waals surface area contributed by atoms with Crippen molar-refractivity contribution in [1.29, 1.82) is 0 Å². The molecule has 1 unspecified atom stereocenters. The lowest BCUT2D eigenvalue weighted by Gasteiger charge is -2.37.